The van der Waals surface area contributed by atoms with Gasteiger partial charge >= 0.3 is 5.97 Å². The number of hydrogen-bond acceptors (Lipinski definition) is 3. The molecule has 1 unspecified atom stereocenters. The van der Waals surface area contributed by atoms with Crippen molar-refractivity contribution in [3.63, 3.8) is 0 Å². The summed E-state index contributed by atoms with van der Waals surface area (Å²) in [4.78, 5) is 10.3. The lowest BCUT2D eigenvalue weighted by molar-refractivity contribution is -0.140. The summed E-state index contributed by atoms with van der Waals surface area (Å²) >= 11 is 5.69. The standard InChI is InChI=1S/C10H11ClFNO4S/c1-6(10(14)15)13(2)18(16,17)9-5-7(12)3-4-8(9)11/h3-6H,1-2H3,(H,14,15). The van der Waals surface area contributed by atoms with Crippen LogP contribution in [0.25, 0.3) is 0 Å². The molecule has 1 rings (SSSR count). The van der Waals surface area contributed by atoms with E-state index in [-0.39, 0.29) is 5.02 Å². The lowest BCUT2D eigenvalue weighted by Crippen LogP contribution is -2.40. The number of carboxylic acid groups (broad SMARTS) is 1. The maximum absolute atomic E-state index is 13.0. The van der Waals surface area contributed by atoms with Crippen LogP contribution in [0.15, 0.2) is 23.1 Å². The molecular formula is C10H11ClFNO4S. The number of likely N-dealkylation sites (N-methyl/N-ethyl adjacent to an activating group) is 1. The number of carbonyl (C=O) groups is 1. The van der Waals surface area contributed by atoms with Crippen LogP contribution in [0.1, 0.15) is 6.92 Å². The fraction of sp³-hybridized carbons (Fsp3) is 0.300. The zero-order chi connectivity index (χ0) is 14.1. The Hall–Kier alpha value is -1.18. The molecule has 1 aromatic carbocycles. The largest absolute Gasteiger partial charge is 0.480 e. The lowest BCUT2D eigenvalue weighted by Gasteiger charge is -2.21. The zero-order valence-electron chi connectivity index (χ0n) is 9.59. The first-order valence-corrected chi connectivity index (χ1v) is 6.65. The molecule has 0 aliphatic heterocycles. The van der Waals surface area contributed by atoms with E-state index in [1.165, 1.54) is 6.92 Å². The van der Waals surface area contributed by atoms with Crippen molar-refractivity contribution in [3.8, 4) is 0 Å². The summed E-state index contributed by atoms with van der Waals surface area (Å²) in [5.74, 6) is -2.08. The average molecular weight is 296 g/mol. The predicted molar refractivity (Wildman–Crippen MR) is 63.5 cm³/mol. The molecule has 8 heteroatoms. The van der Waals surface area contributed by atoms with Crippen molar-refractivity contribution in [2.45, 2.75) is 17.9 Å². The smallest absolute Gasteiger partial charge is 0.321 e. The first kappa shape index (κ1) is 14.9. The molecule has 0 heterocycles. The van der Waals surface area contributed by atoms with E-state index >= 15 is 0 Å². The third kappa shape index (κ3) is 2.80. The van der Waals surface area contributed by atoms with Gasteiger partial charge in [-0.25, -0.2) is 12.8 Å². The van der Waals surface area contributed by atoms with Crippen LogP contribution in [-0.4, -0.2) is 36.9 Å². The van der Waals surface area contributed by atoms with E-state index in [2.05, 4.69) is 0 Å². The number of sulfonamides is 1. The van der Waals surface area contributed by atoms with E-state index in [1.54, 1.807) is 0 Å². The summed E-state index contributed by atoms with van der Waals surface area (Å²) in [5, 5.41) is 8.61. The lowest BCUT2D eigenvalue weighted by atomic mass is 10.3. The molecule has 0 aliphatic rings. The van der Waals surface area contributed by atoms with Gasteiger partial charge in [0.15, 0.2) is 0 Å². The van der Waals surface area contributed by atoms with Gasteiger partial charge in [-0.2, -0.15) is 4.31 Å². The number of hydrogen-bond donors (Lipinski definition) is 1. The quantitative estimate of drug-likeness (QED) is 0.915. The number of halogens is 2. The van der Waals surface area contributed by atoms with Gasteiger partial charge in [0.2, 0.25) is 10.0 Å². The molecule has 1 aromatic rings. The van der Waals surface area contributed by atoms with E-state index in [4.69, 9.17) is 16.7 Å². The Kier molecular flexibility index (Phi) is 4.31. The van der Waals surface area contributed by atoms with Gasteiger partial charge in [-0.15, -0.1) is 0 Å². The molecule has 0 amide bonds. The van der Waals surface area contributed by atoms with E-state index < -0.39 is 32.7 Å². The SMILES string of the molecule is CC(C(=O)O)N(C)S(=O)(=O)c1cc(F)ccc1Cl. The normalized spacial score (nSPS) is 13.6. The van der Waals surface area contributed by atoms with Crippen LogP contribution in [0.4, 0.5) is 4.39 Å². The molecule has 0 fully saturated rings. The summed E-state index contributed by atoms with van der Waals surface area (Å²) in [5.41, 5.74) is 0. The topological polar surface area (TPSA) is 74.7 Å². The maximum atomic E-state index is 13.0. The van der Waals surface area contributed by atoms with Crippen molar-refractivity contribution in [1.82, 2.24) is 4.31 Å². The number of carboxylic acids is 1. The molecule has 0 radical (unpaired) electrons. The van der Waals surface area contributed by atoms with E-state index in [0.29, 0.717) is 4.31 Å². The summed E-state index contributed by atoms with van der Waals surface area (Å²) < 4.78 is 37.8. The van der Waals surface area contributed by atoms with Crippen LogP contribution >= 0.6 is 11.6 Å². The minimum absolute atomic E-state index is 0.166. The van der Waals surface area contributed by atoms with Crippen LogP contribution in [0.3, 0.4) is 0 Å². The molecule has 1 atom stereocenters. The van der Waals surface area contributed by atoms with Crippen LogP contribution in [0.5, 0.6) is 0 Å². The molecule has 0 saturated carbocycles. The van der Waals surface area contributed by atoms with E-state index in [9.17, 15) is 17.6 Å². The van der Waals surface area contributed by atoms with Crippen molar-refractivity contribution in [2.24, 2.45) is 0 Å². The number of benzene rings is 1. The fourth-order valence-corrected chi connectivity index (χ4v) is 3.00. The molecule has 100 valence electrons. The highest BCUT2D eigenvalue weighted by atomic mass is 35.5. The monoisotopic (exact) mass is 295 g/mol. The van der Waals surface area contributed by atoms with Crippen LogP contribution in [-0.2, 0) is 14.8 Å². The Balaban J connectivity index is 3.29. The number of nitrogens with zero attached hydrogens (tertiary/aromatic N) is 1. The highest BCUT2D eigenvalue weighted by Gasteiger charge is 2.31. The second kappa shape index (κ2) is 5.21. The van der Waals surface area contributed by atoms with Crippen molar-refractivity contribution in [2.75, 3.05) is 7.05 Å². The molecule has 1 N–H and O–H groups in total. The third-order valence-electron chi connectivity index (χ3n) is 2.45. The first-order chi connectivity index (χ1) is 8.17. The highest BCUT2D eigenvalue weighted by molar-refractivity contribution is 7.89. The molecule has 0 aliphatic carbocycles. The first-order valence-electron chi connectivity index (χ1n) is 4.84. The van der Waals surface area contributed by atoms with E-state index in [0.717, 1.165) is 25.2 Å². The van der Waals surface area contributed by atoms with Crippen molar-refractivity contribution in [3.05, 3.63) is 29.0 Å². The van der Waals surface area contributed by atoms with Crippen molar-refractivity contribution in [1.29, 1.82) is 0 Å². The van der Waals surface area contributed by atoms with Crippen molar-refractivity contribution < 1.29 is 22.7 Å². The minimum Gasteiger partial charge on any atom is -0.480 e. The van der Waals surface area contributed by atoms with Crippen LogP contribution < -0.4 is 0 Å². The zero-order valence-corrected chi connectivity index (χ0v) is 11.2. The van der Waals surface area contributed by atoms with Gasteiger partial charge in [0, 0.05) is 7.05 Å². The van der Waals surface area contributed by atoms with Gasteiger partial charge in [0.1, 0.15) is 16.8 Å². The minimum atomic E-state index is -4.16. The second-order valence-electron chi connectivity index (χ2n) is 3.61. The van der Waals surface area contributed by atoms with Gasteiger partial charge in [-0.3, -0.25) is 4.79 Å². The molecule has 5 nitrogen and oxygen atoms in total. The van der Waals surface area contributed by atoms with Crippen LogP contribution in [0, 0.1) is 5.82 Å². The Morgan fingerprint density at radius 2 is 2.06 bits per heavy atom. The Bertz CT molecular complexity index is 575. The Labute approximate surface area is 109 Å². The van der Waals surface area contributed by atoms with Crippen LogP contribution in [0.2, 0.25) is 5.02 Å². The molecule has 18 heavy (non-hydrogen) atoms. The summed E-state index contributed by atoms with van der Waals surface area (Å²) in [7, 11) is -3.06. The second-order valence-corrected chi connectivity index (χ2v) is 5.98. The maximum Gasteiger partial charge on any atom is 0.321 e. The molecule has 0 spiro atoms. The van der Waals surface area contributed by atoms with Gasteiger partial charge in [0.25, 0.3) is 0 Å². The summed E-state index contributed by atoms with van der Waals surface area (Å²) in [6.45, 7) is 1.20. The van der Waals surface area contributed by atoms with Gasteiger partial charge in [0.05, 0.1) is 5.02 Å². The fourth-order valence-electron chi connectivity index (χ4n) is 1.19. The van der Waals surface area contributed by atoms with Gasteiger partial charge < -0.3 is 5.11 Å². The summed E-state index contributed by atoms with van der Waals surface area (Å²) in [6, 6.07) is 1.59. The number of aliphatic carboxylic acids is 1. The average Bonchev–Trinajstić information content (AvgIpc) is 2.29. The third-order valence-corrected chi connectivity index (χ3v) is 4.86. The molecule has 0 bridgehead atoms. The molecular weight excluding hydrogens is 285 g/mol. The highest BCUT2D eigenvalue weighted by Crippen LogP contribution is 2.25. The number of rotatable bonds is 4. The van der Waals surface area contributed by atoms with Gasteiger partial charge in [-0.1, -0.05) is 11.6 Å². The molecule has 0 aromatic heterocycles. The van der Waals surface area contributed by atoms with E-state index in [1.807, 2.05) is 0 Å². The summed E-state index contributed by atoms with van der Waals surface area (Å²) in [6.07, 6.45) is 0. The van der Waals surface area contributed by atoms with Crippen molar-refractivity contribution >= 4 is 27.6 Å². The predicted octanol–water partition coefficient (Wildman–Crippen LogP) is 1.57. The Morgan fingerprint density at radius 3 is 2.56 bits per heavy atom. The molecule has 0 saturated heterocycles. The Morgan fingerprint density at radius 1 is 1.50 bits per heavy atom. The van der Waals surface area contributed by atoms with Gasteiger partial charge in [-0.05, 0) is 25.1 Å².